The van der Waals surface area contributed by atoms with Gasteiger partial charge in [-0.3, -0.25) is 23.5 Å². The van der Waals surface area contributed by atoms with E-state index in [-0.39, 0.29) is 35.1 Å². The number of halogens is 3. The van der Waals surface area contributed by atoms with Crippen molar-refractivity contribution in [1.82, 2.24) is 19.1 Å². The molecular formula is C46H39ClF2N8O6. The lowest BCUT2D eigenvalue weighted by molar-refractivity contribution is -0.178. The normalized spacial score (nSPS) is 15.6. The van der Waals surface area contributed by atoms with E-state index in [4.69, 9.17) is 19.7 Å². The highest BCUT2D eigenvalue weighted by molar-refractivity contribution is 6.13. The van der Waals surface area contributed by atoms with Crippen LogP contribution in [0.15, 0.2) is 110 Å². The standard InChI is InChI=1S/C22H17FN2O3.C20H13FN2O2.C4H8O.ClHN4/c23-17-3-1-2-15(12-17)4-5-16-6-7-18-19(13-16)24-20-8-9-22(27-10-11-28-22)14-25(20)21(18)26;21-15-3-1-2-13(10-15)4-5-14-6-8-17-18(11-14)22-19-9-7-16(24)12-23(19)20(17)25;1-2-4-5-3-1;1-3-5-4-2/h1-3,6-7,12-13H,8-11,14H2;1-3,6,8,10-11H,7,9,12H2;1-4H2;2H. The monoisotopic (exact) mass is 872 g/mol. The van der Waals surface area contributed by atoms with Crippen molar-refractivity contribution in [2.24, 2.45) is 15.1 Å². The second-order valence-corrected chi connectivity index (χ2v) is 14.7. The van der Waals surface area contributed by atoms with E-state index in [9.17, 15) is 23.2 Å². The third-order valence-corrected chi connectivity index (χ3v) is 10.3. The van der Waals surface area contributed by atoms with Gasteiger partial charge in [0.1, 0.15) is 23.3 Å². The first-order valence-electron chi connectivity index (χ1n) is 20.0. The van der Waals surface area contributed by atoms with E-state index >= 15 is 0 Å². The van der Waals surface area contributed by atoms with E-state index in [2.05, 4.69) is 60.5 Å². The van der Waals surface area contributed by atoms with E-state index in [1.807, 2.05) is 0 Å². The van der Waals surface area contributed by atoms with Gasteiger partial charge in [-0.25, -0.2) is 18.7 Å². The van der Waals surface area contributed by atoms with Gasteiger partial charge in [-0.05, 0) is 96.1 Å². The lowest BCUT2D eigenvalue weighted by atomic mass is 10.0. The van der Waals surface area contributed by atoms with Gasteiger partial charge in [0, 0.05) is 61.2 Å². The molecule has 1 N–H and O–H groups in total. The van der Waals surface area contributed by atoms with E-state index in [1.54, 1.807) is 65.2 Å². The first-order chi connectivity index (χ1) is 30.6. The van der Waals surface area contributed by atoms with E-state index in [1.165, 1.54) is 41.7 Å². The molecule has 2 aromatic heterocycles. The van der Waals surface area contributed by atoms with Crippen molar-refractivity contribution in [1.29, 1.82) is 5.53 Å². The van der Waals surface area contributed by atoms with Crippen molar-refractivity contribution in [2.45, 2.75) is 57.4 Å². The zero-order valence-corrected chi connectivity index (χ0v) is 34.5. The molecule has 4 aliphatic rings. The van der Waals surface area contributed by atoms with Crippen LogP contribution in [0.1, 0.15) is 59.6 Å². The molecule has 0 radical (unpaired) electrons. The molecule has 4 aromatic carbocycles. The Morgan fingerprint density at radius 2 is 1.19 bits per heavy atom. The van der Waals surface area contributed by atoms with E-state index in [0.29, 0.717) is 89.8 Å². The number of Topliss-reactive ketones (excluding diaryl/α,β-unsaturated/α-hetero) is 1. The fourth-order valence-corrected chi connectivity index (χ4v) is 7.24. The minimum atomic E-state index is -0.692. The van der Waals surface area contributed by atoms with Crippen LogP contribution in [0.4, 0.5) is 8.78 Å². The van der Waals surface area contributed by atoms with Gasteiger partial charge in [-0.15, -0.1) is 0 Å². The van der Waals surface area contributed by atoms with Crippen LogP contribution < -0.4 is 11.1 Å². The van der Waals surface area contributed by atoms with Gasteiger partial charge < -0.3 is 14.2 Å². The molecule has 0 bridgehead atoms. The third kappa shape index (κ3) is 11.4. The third-order valence-electron chi connectivity index (χ3n) is 10.2. The van der Waals surface area contributed by atoms with E-state index < -0.39 is 5.79 Å². The minimum Gasteiger partial charge on any atom is -0.381 e. The van der Waals surface area contributed by atoms with Crippen molar-refractivity contribution in [3.8, 4) is 23.7 Å². The van der Waals surface area contributed by atoms with Crippen LogP contribution in [0, 0.1) is 40.8 Å². The molecule has 0 aliphatic carbocycles. The average Bonchev–Trinajstić information content (AvgIpc) is 4.03. The summed E-state index contributed by atoms with van der Waals surface area (Å²) in [6, 6.07) is 22.7. The van der Waals surface area contributed by atoms with Gasteiger partial charge in [0.25, 0.3) is 11.1 Å². The smallest absolute Gasteiger partial charge is 0.261 e. The zero-order valence-electron chi connectivity index (χ0n) is 33.8. The Hall–Kier alpha value is -6.82. The first kappa shape index (κ1) is 44.2. The van der Waals surface area contributed by atoms with Gasteiger partial charge in [-0.1, -0.05) is 40.4 Å². The summed E-state index contributed by atoms with van der Waals surface area (Å²) in [5.74, 6) is 11.9. The number of fused-ring (bicyclic) bond motifs is 4. The Bertz CT molecular complexity index is 2950. The van der Waals surface area contributed by atoms with Gasteiger partial charge in [-0.2, -0.15) is 5.53 Å². The topological polar surface area (TPSA) is 175 Å². The lowest BCUT2D eigenvalue weighted by Gasteiger charge is -2.33. The van der Waals surface area contributed by atoms with Crippen molar-refractivity contribution in [3.63, 3.8) is 0 Å². The molecule has 17 heteroatoms. The highest BCUT2D eigenvalue weighted by atomic mass is 35.5. The number of ether oxygens (including phenoxy) is 3. The highest BCUT2D eigenvalue weighted by Gasteiger charge is 2.41. The number of nitrogens with one attached hydrogen (secondary N) is 1. The minimum absolute atomic E-state index is 0.0494. The quantitative estimate of drug-likeness (QED) is 0.101. The SMILES string of the molecule is C1CCOC1.N=NN=NCl.O=C1CCc2nc3cc(C#Cc4cccc(F)c4)ccc3c(=O)n2C1.O=c1c2ccc(C#Cc3cccc(F)c3)cc2nc2n1CC1(CC2)OCCO1. The molecule has 6 aromatic rings. The summed E-state index contributed by atoms with van der Waals surface area (Å²) in [7, 11) is 0. The number of hydrogen-bond donors (Lipinski definition) is 1. The molecule has 6 heterocycles. The van der Waals surface area contributed by atoms with Crippen LogP contribution in [0.2, 0.25) is 0 Å². The Balaban J connectivity index is 0.000000156. The molecule has 320 valence electrons. The number of benzene rings is 4. The Kier molecular flexibility index (Phi) is 14.6. The molecule has 14 nitrogen and oxygen atoms in total. The van der Waals surface area contributed by atoms with Gasteiger partial charge in [0.15, 0.2) is 11.6 Å². The predicted molar refractivity (Wildman–Crippen MR) is 229 cm³/mol. The van der Waals surface area contributed by atoms with Crippen LogP contribution in [-0.2, 0) is 44.9 Å². The fourth-order valence-electron chi connectivity index (χ4n) is 7.21. The predicted octanol–water partition coefficient (Wildman–Crippen LogP) is 7.41. The molecule has 1 spiro atoms. The second kappa shape index (κ2) is 20.8. The molecule has 2 saturated heterocycles. The number of rotatable bonds is 1. The van der Waals surface area contributed by atoms with Gasteiger partial charge >= 0.3 is 0 Å². The largest absolute Gasteiger partial charge is 0.381 e. The summed E-state index contributed by atoms with van der Waals surface area (Å²) in [4.78, 5) is 46.3. The number of aromatic nitrogens is 4. The summed E-state index contributed by atoms with van der Waals surface area (Å²) in [6.45, 7) is 3.57. The van der Waals surface area contributed by atoms with Crippen molar-refractivity contribution in [2.75, 3.05) is 26.4 Å². The van der Waals surface area contributed by atoms with Crippen molar-refractivity contribution in [3.05, 3.63) is 151 Å². The zero-order chi connectivity index (χ0) is 44.2. The number of hydrogen-bond acceptors (Lipinski definition) is 10. The van der Waals surface area contributed by atoms with Crippen LogP contribution in [-0.4, -0.2) is 57.1 Å². The van der Waals surface area contributed by atoms with Crippen molar-refractivity contribution < 1.29 is 27.8 Å². The molecule has 4 aliphatic heterocycles. The fraction of sp³-hybridized carbons (Fsp3) is 0.283. The molecule has 2 fully saturated rings. The van der Waals surface area contributed by atoms with Crippen LogP contribution >= 0.6 is 11.8 Å². The molecule has 0 atom stereocenters. The number of nitrogens with zero attached hydrogens (tertiary/aromatic N) is 7. The highest BCUT2D eigenvalue weighted by Crippen LogP contribution is 2.31. The van der Waals surface area contributed by atoms with E-state index in [0.717, 1.165) is 24.6 Å². The second-order valence-electron chi connectivity index (χ2n) is 14.6. The number of carbonyl (C=O) groups is 1. The maximum absolute atomic E-state index is 13.3. The number of carbonyl (C=O) groups excluding carboxylic acids is 1. The molecule has 0 amide bonds. The lowest BCUT2D eigenvalue weighted by Crippen LogP contribution is -2.45. The van der Waals surface area contributed by atoms with Crippen molar-refractivity contribution >= 4 is 39.4 Å². The summed E-state index contributed by atoms with van der Waals surface area (Å²) in [6.07, 6.45) is 4.74. The van der Waals surface area contributed by atoms with Crippen LogP contribution in [0.25, 0.3) is 21.8 Å². The average molecular weight is 873 g/mol. The molecule has 0 saturated carbocycles. The number of aryl methyl sites for hydroxylation is 2. The van der Waals surface area contributed by atoms with Crippen LogP contribution in [0.3, 0.4) is 0 Å². The first-order valence-corrected chi connectivity index (χ1v) is 20.3. The summed E-state index contributed by atoms with van der Waals surface area (Å²) < 4.78 is 48.6. The molecule has 0 unspecified atom stereocenters. The Morgan fingerprint density at radius 3 is 1.67 bits per heavy atom. The number of ketones is 1. The molecule has 63 heavy (non-hydrogen) atoms. The van der Waals surface area contributed by atoms with Gasteiger partial charge in [0.05, 0.1) is 59.9 Å². The molecule has 10 rings (SSSR count). The maximum Gasteiger partial charge on any atom is 0.261 e. The summed E-state index contributed by atoms with van der Waals surface area (Å²) >= 11 is 4.55. The van der Waals surface area contributed by atoms with Crippen LogP contribution in [0.5, 0.6) is 0 Å². The van der Waals surface area contributed by atoms with Gasteiger partial charge in [0.2, 0.25) is 0 Å². The summed E-state index contributed by atoms with van der Waals surface area (Å²) in [5.41, 5.74) is 9.37. The summed E-state index contributed by atoms with van der Waals surface area (Å²) in [5, 5.41) is 6.09. The Morgan fingerprint density at radius 1 is 0.667 bits per heavy atom. The Labute approximate surface area is 364 Å². The maximum atomic E-state index is 13.3. The molecular weight excluding hydrogens is 834 g/mol.